The van der Waals surface area contributed by atoms with E-state index in [9.17, 15) is 0 Å². The van der Waals surface area contributed by atoms with Crippen molar-refractivity contribution in [2.45, 2.75) is 6.54 Å². The third-order valence-electron chi connectivity index (χ3n) is 3.86. The fourth-order valence-electron chi connectivity index (χ4n) is 2.75. The Morgan fingerprint density at radius 3 is 2.15 bits per heavy atom. The molecule has 0 unspecified atom stereocenters. The molecule has 2 aromatic rings. The summed E-state index contributed by atoms with van der Waals surface area (Å²) < 4.78 is 2.63. The molecule has 0 atom stereocenters. The summed E-state index contributed by atoms with van der Waals surface area (Å²) in [6, 6.07) is 17.5. The zero-order valence-corrected chi connectivity index (χ0v) is 13.4. The van der Waals surface area contributed by atoms with Gasteiger partial charge in [0.05, 0.1) is 0 Å². The first-order chi connectivity index (χ1) is 9.55. The van der Waals surface area contributed by atoms with Crippen molar-refractivity contribution < 1.29 is 0 Å². The second-order valence-electron chi connectivity index (χ2n) is 6.35. The van der Waals surface area contributed by atoms with Gasteiger partial charge in [-0.3, -0.25) is 0 Å². The van der Waals surface area contributed by atoms with Gasteiger partial charge in [-0.2, -0.15) is 0 Å². The van der Waals surface area contributed by atoms with Gasteiger partial charge in [-0.25, -0.2) is 0 Å². The van der Waals surface area contributed by atoms with Gasteiger partial charge in [-0.1, -0.05) is 0 Å². The molecule has 1 aliphatic heterocycles. The van der Waals surface area contributed by atoms with Gasteiger partial charge in [0.15, 0.2) is 0 Å². The number of para-hydroxylation sites is 1. The van der Waals surface area contributed by atoms with Crippen molar-refractivity contribution in [2.24, 2.45) is 0 Å². The van der Waals surface area contributed by atoms with Crippen molar-refractivity contribution in [1.82, 2.24) is 0 Å². The van der Waals surface area contributed by atoms with E-state index in [4.69, 9.17) is 0 Å². The van der Waals surface area contributed by atoms with Crippen molar-refractivity contribution >= 4 is 25.3 Å². The number of hydrogen-bond donors (Lipinski definition) is 0. The summed E-state index contributed by atoms with van der Waals surface area (Å²) in [6.07, 6.45) is 4.50. The van der Waals surface area contributed by atoms with Gasteiger partial charge < -0.3 is 0 Å². The second-order valence-corrected chi connectivity index (χ2v) is 11.2. The molecule has 0 aliphatic carbocycles. The van der Waals surface area contributed by atoms with E-state index < -0.39 is 7.41 Å². The van der Waals surface area contributed by atoms with Crippen molar-refractivity contribution in [3.8, 4) is 0 Å². The monoisotopic (exact) mass is 283 g/mol. The maximum absolute atomic E-state index is 2.63. The van der Waals surface area contributed by atoms with Crippen LogP contribution in [0.5, 0.6) is 0 Å². The van der Waals surface area contributed by atoms with Crippen LogP contribution >= 0.6 is 7.41 Å². The molecule has 0 saturated carbocycles. The van der Waals surface area contributed by atoms with E-state index in [0.29, 0.717) is 0 Å². The van der Waals surface area contributed by atoms with Crippen molar-refractivity contribution in [3.05, 3.63) is 65.2 Å². The predicted molar refractivity (Wildman–Crippen MR) is 94.1 cm³/mol. The average Bonchev–Trinajstić information content (AvgIpc) is 2.40. The van der Waals surface area contributed by atoms with Gasteiger partial charge in [-0.05, 0) is 0 Å². The normalized spacial score (nSPS) is 16.6. The average molecular weight is 283 g/mol. The van der Waals surface area contributed by atoms with Crippen molar-refractivity contribution in [1.29, 1.82) is 0 Å². The van der Waals surface area contributed by atoms with Crippen LogP contribution in [0.15, 0.2) is 48.5 Å². The molecular weight excluding hydrogens is 261 g/mol. The Labute approximate surface area is 122 Å². The zero-order valence-electron chi connectivity index (χ0n) is 12.4. The quantitative estimate of drug-likeness (QED) is 0.684. The Morgan fingerprint density at radius 1 is 0.800 bits per heavy atom. The van der Waals surface area contributed by atoms with Crippen LogP contribution in [0.2, 0.25) is 0 Å². The van der Waals surface area contributed by atoms with E-state index in [1.807, 2.05) is 0 Å². The molecule has 0 saturated heterocycles. The van der Waals surface area contributed by atoms with E-state index in [2.05, 4.69) is 85.3 Å². The van der Waals surface area contributed by atoms with E-state index in [-0.39, 0.29) is 0 Å². The molecular formula is C18H22NP. The van der Waals surface area contributed by atoms with Crippen LogP contribution in [0, 0.1) is 0 Å². The van der Waals surface area contributed by atoms with Gasteiger partial charge in [-0.15, -0.1) is 0 Å². The second kappa shape index (κ2) is 5.07. The van der Waals surface area contributed by atoms with Gasteiger partial charge >= 0.3 is 122 Å². The first-order valence-electron chi connectivity index (χ1n) is 7.18. The third-order valence-corrected chi connectivity index (χ3v) is 5.88. The molecule has 104 valence electrons. The molecule has 0 fully saturated rings. The summed E-state index contributed by atoms with van der Waals surface area (Å²) in [4.78, 5) is 0. The van der Waals surface area contributed by atoms with E-state index in [1.165, 1.54) is 22.4 Å². The molecule has 2 heteroatoms. The molecule has 0 spiro atoms. The van der Waals surface area contributed by atoms with Crippen LogP contribution in [-0.2, 0) is 6.54 Å². The van der Waals surface area contributed by atoms with E-state index in [1.54, 1.807) is 0 Å². The number of nitrogens with zero attached hydrogens (tertiary/aromatic N) is 1. The van der Waals surface area contributed by atoms with Gasteiger partial charge in [0.2, 0.25) is 0 Å². The molecule has 1 nitrogen and oxygen atoms in total. The third kappa shape index (κ3) is 2.51. The molecule has 20 heavy (non-hydrogen) atoms. The van der Waals surface area contributed by atoms with Crippen LogP contribution in [0.4, 0.5) is 5.69 Å². The van der Waals surface area contributed by atoms with Crippen LogP contribution < -0.4 is 4.67 Å². The fourth-order valence-corrected chi connectivity index (χ4v) is 4.32. The Morgan fingerprint density at radius 2 is 1.40 bits per heavy atom. The van der Waals surface area contributed by atoms with Crippen LogP contribution in [0.3, 0.4) is 0 Å². The van der Waals surface area contributed by atoms with Crippen molar-refractivity contribution in [2.75, 3.05) is 24.7 Å². The van der Waals surface area contributed by atoms with Crippen LogP contribution in [0.1, 0.15) is 16.7 Å². The predicted octanol–water partition coefficient (Wildman–Crippen LogP) is 4.73. The molecule has 1 aliphatic rings. The molecule has 1 heterocycles. The SMILES string of the molecule is C[PH](C)(C)N1Cc2ccccc2/C=C\c2ccccc21. The Bertz CT molecular complexity index is 652. The summed E-state index contributed by atoms with van der Waals surface area (Å²) in [5.41, 5.74) is 5.45. The van der Waals surface area contributed by atoms with Gasteiger partial charge in [0.1, 0.15) is 0 Å². The molecule has 0 aromatic heterocycles. The van der Waals surface area contributed by atoms with E-state index >= 15 is 0 Å². The first-order valence-corrected chi connectivity index (χ1v) is 10.6. The van der Waals surface area contributed by atoms with Gasteiger partial charge in [0.25, 0.3) is 0 Å². The number of anilines is 1. The van der Waals surface area contributed by atoms with E-state index in [0.717, 1.165) is 6.54 Å². The maximum atomic E-state index is 2.63. The number of hydrogen-bond acceptors (Lipinski definition) is 1. The van der Waals surface area contributed by atoms with Crippen LogP contribution in [-0.4, -0.2) is 20.0 Å². The summed E-state index contributed by atoms with van der Waals surface area (Å²) in [7, 11) is -1.43. The summed E-state index contributed by atoms with van der Waals surface area (Å²) in [5, 5.41) is 0. The fraction of sp³-hybridized carbons (Fsp3) is 0.222. The summed E-state index contributed by atoms with van der Waals surface area (Å²) >= 11 is 0. The Hall–Kier alpha value is -1.59. The summed E-state index contributed by atoms with van der Waals surface area (Å²) in [5.74, 6) is 0. The molecule has 0 amide bonds. The standard InChI is InChI=1S/C18H22NP/c1-20(2,3)19-14-17-10-5-4-8-15(17)12-13-16-9-6-7-11-18(16)19/h4-13,20H,14H2,1-3H3/b13-12-. The van der Waals surface area contributed by atoms with Crippen LogP contribution in [0.25, 0.3) is 12.2 Å². The molecule has 3 rings (SSSR count). The molecule has 0 radical (unpaired) electrons. The molecule has 2 aromatic carbocycles. The molecule has 0 bridgehead atoms. The Balaban J connectivity index is 2.20. The number of rotatable bonds is 1. The molecule has 0 N–H and O–H groups in total. The topological polar surface area (TPSA) is 3.24 Å². The minimum atomic E-state index is -1.43. The Kier molecular flexibility index (Phi) is 3.40. The number of benzene rings is 2. The first kappa shape index (κ1) is 13.4. The minimum absolute atomic E-state index is 1.01. The van der Waals surface area contributed by atoms with Gasteiger partial charge in [0, 0.05) is 0 Å². The number of fused-ring (bicyclic) bond motifs is 2. The summed E-state index contributed by atoms with van der Waals surface area (Å²) in [6.45, 7) is 8.25. The zero-order chi connectivity index (χ0) is 14.2. The van der Waals surface area contributed by atoms with Crippen molar-refractivity contribution in [3.63, 3.8) is 0 Å².